The third kappa shape index (κ3) is 12.1. The lowest BCUT2D eigenvalue weighted by atomic mass is 10.0. The number of carbonyl (C=O) groups is 1. The molecule has 1 rings (SSSR count). The van der Waals surface area contributed by atoms with E-state index >= 15 is 0 Å². The van der Waals surface area contributed by atoms with Gasteiger partial charge in [0.2, 0.25) is 0 Å². The van der Waals surface area contributed by atoms with Crippen molar-refractivity contribution in [2.45, 2.75) is 104 Å². The molecule has 0 aromatic rings. The van der Waals surface area contributed by atoms with Gasteiger partial charge in [-0.15, -0.1) is 0 Å². The first kappa shape index (κ1) is 26.6. The fourth-order valence-corrected chi connectivity index (χ4v) is 4.75. The Kier molecular flexibility index (Phi) is 15.8. The molecule has 172 valence electrons. The number of aldehydes is 1. The zero-order valence-electron chi connectivity index (χ0n) is 20.0. The molecule has 1 saturated heterocycles. The number of hydrogen-bond donors (Lipinski definition) is 0. The molecular formula is C25H51N2O2+. The van der Waals surface area contributed by atoms with Gasteiger partial charge in [-0.3, -0.25) is 4.79 Å². The average molecular weight is 412 g/mol. The lowest BCUT2D eigenvalue weighted by Gasteiger charge is -2.37. The van der Waals surface area contributed by atoms with Crippen molar-refractivity contribution < 1.29 is 14.0 Å². The molecular weight excluding hydrogens is 360 g/mol. The van der Waals surface area contributed by atoms with Crippen LogP contribution in [0.2, 0.25) is 0 Å². The molecule has 4 nitrogen and oxygen atoms in total. The van der Waals surface area contributed by atoms with Crippen LogP contribution >= 0.6 is 0 Å². The van der Waals surface area contributed by atoms with E-state index in [1.54, 1.807) is 0 Å². The molecule has 0 spiro atoms. The molecule has 2 atom stereocenters. The zero-order valence-corrected chi connectivity index (χ0v) is 20.0. The second-order valence-electron chi connectivity index (χ2n) is 9.33. The molecule has 1 heterocycles. The summed E-state index contributed by atoms with van der Waals surface area (Å²) in [5.74, 6) is 0. The second kappa shape index (κ2) is 17.3. The molecule has 0 saturated carbocycles. The summed E-state index contributed by atoms with van der Waals surface area (Å²) in [5, 5.41) is 0. The summed E-state index contributed by atoms with van der Waals surface area (Å²) in [6.07, 6.45) is 16.7. The number of hydrogen-bond acceptors (Lipinski definition) is 3. The van der Waals surface area contributed by atoms with E-state index in [9.17, 15) is 4.79 Å². The van der Waals surface area contributed by atoms with Crippen molar-refractivity contribution in [1.82, 2.24) is 4.90 Å². The normalized spacial score (nSPS) is 19.9. The van der Waals surface area contributed by atoms with Crippen molar-refractivity contribution in [3.05, 3.63) is 0 Å². The van der Waals surface area contributed by atoms with E-state index < -0.39 is 0 Å². The topological polar surface area (TPSA) is 29.5 Å². The predicted molar refractivity (Wildman–Crippen MR) is 124 cm³/mol. The van der Waals surface area contributed by atoms with Crippen LogP contribution in [-0.4, -0.2) is 74.2 Å². The molecule has 0 aliphatic carbocycles. The lowest BCUT2D eigenvalue weighted by molar-refractivity contribution is -0.920. The number of piperidine rings is 1. The van der Waals surface area contributed by atoms with Gasteiger partial charge < -0.3 is 14.1 Å². The molecule has 0 aromatic carbocycles. The molecule has 1 fully saturated rings. The van der Waals surface area contributed by atoms with Crippen LogP contribution in [0.5, 0.6) is 0 Å². The third-order valence-corrected chi connectivity index (χ3v) is 6.77. The highest BCUT2D eigenvalue weighted by atomic mass is 16.5. The number of carbonyl (C=O) groups excluding carboxylic acids is 1. The molecule has 0 amide bonds. The van der Waals surface area contributed by atoms with Crippen LogP contribution in [0.4, 0.5) is 0 Å². The van der Waals surface area contributed by atoms with E-state index in [4.69, 9.17) is 4.74 Å². The highest BCUT2D eigenvalue weighted by Gasteiger charge is 2.26. The fraction of sp³-hybridized carbons (Fsp3) is 0.960. The summed E-state index contributed by atoms with van der Waals surface area (Å²) in [6, 6.07) is 0.784. The summed E-state index contributed by atoms with van der Waals surface area (Å²) < 4.78 is 6.74. The van der Waals surface area contributed by atoms with E-state index in [1.807, 2.05) is 0 Å². The van der Waals surface area contributed by atoms with Crippen LogP contribution < -0.4 is 0 Å². The average Bonchev–Trinajstić information content (AvgIpc) is 2.72. The molecule has 0 bridgehead atoms. The minimum absolute atomic E-state index is 0.660. The van der Waals surface area contributed by atoms with Crippen LogP contribution in [0.3, 0.4) is 0 Å². The molecule has 0 aromatic heterocycles. The maximum atomic E-state index is 11.5. The molecule has 0 radical (unpaired) electrons. The first-order valence-electron chi connectivity index (χ1n) is 12.8. The summed E-state index contributed by atoms with van der Waals surface area (Å²) >= 11 is 0. The Morgan fingerprint density at radius 3 is 2.28 bits per heavy atom. The smallest absolute Gasteiger partial charge is 0.174 e. The van der Waals surface area contributed by atoms with E-state index in [-0.39, 0.29) is 0 Å². The Bertz CT molecular complexity index is 377. The van der Waals surface area contributed by atoms with Crippen LogP contribution in [-0.2, 0) is 9.53 Å². The van der Waals surface area contributed by atoms with Gasteiger partial charge in [-0.1, -0.05) is 39.5 Å². The van der Waals surface area contributed by atoms with Gasteiger partial charge in [0.25, 0.3) is 0 Å². The Labute approximate surface area is 181 Å². The minimum atomic E-state index is 0.660. The maximum Gasteiger partial charge on any atom is 0.174 e. The van der Waals surface area contributed by atoms with Gasteiger partial charge >= 0.3 is 0 Å². The standard InChI is InChI=1S/C25H51N2O2/c1-4-6-7-13-18-27(20-22-28,21-24-29-23-5-2)19-14-9-8-11-16-26-17-12-10-15-25(26)3/h22,25H,4-21,23-24H2,1-3H3/q+1. The van der Waals surface area contributed by atoms with E-state index in [0.717, 1.165) is 56.1 Å². The first-order valence-corrected chi connectivity index (χ1v) is 12.8. The number of unbranched alkanes of at least 4 members (excludes halogenated alkanes) is 6. The van der Waals surface area contributed by atoms with Gasteiger partial charge in [-0.25, -0.2) is 0 Å². The second-order valence-corrected chi connectivity index (χ2v) is 9.33. The highest BCUT2D eigenvalue weighted by Crippen LogP contribution is 2.18. The quantitative estimate of drug-likeness (QED) is 0.161. The molecule has 29 heavy (non-hydrogen) atoms. The summed E-state index contributed by atoms with van der Waals surface area (Å²) in [6.45, 7) is 15.0. The molecule has 0 N–H and O–H groups in total. The van der Waals surface area contributed by atoms with Crippen molar-refractivity contribution in [2.24, 2.45) is 0 Å². The van der Waals surface area contributed by atoms with Crippen molar-refractivity contribution in [2.75, 3.05) is 52.5 Å². The van der Waals surface area contributed by atoms with E-state index in [2.05, 4.69) is 25.7 Å². The fourth-order valence-electron chi connectivity index (χ4n) is 4.75. The number of nitrogens with zero attached hydrogens (tertiary/aromatic N) is 2. The van der Waals surface area contributed by atoms with E-state index in [0.29, 0.717) is 6.54 Å². The van der Waals surface area contributed by atoms with Gasteiger partial charge in [0.1, 0.15) is 13.1 Å². The lowest BCUT2D eigenvalue weighted by Crippen LogP contribution is -2.52. The zero-order chi connectivity index (χ0) is 21.2. The Morgan fingerprint density at radius 1 is 0.897 bits per heavy atom. The van der Waals surface area contributed by atoms with Crippen molar-refractivity contribution in [3.8, 4) is 0 Å². The largest absolute Gasteiger partial charge is 0.376 e. The van der Waals surface area contributed by atoms with Crippen LogP contribution in [0, 0.1) is 0 Å². The van der Waals surface area contributed by atoms with Crippen molar-refractivity contribution in [1.29, 1.82) is 0 Å². The Hall–Kier alpha value is -0.450. The SMILES string of the molecule is CCCCCC[N+](CC=O)(CCCCCCN1CCCCC1C)CCOCCC. The number of ether oxygens (including phenoxy) is 1. The number of quaternary nitrogens is 1. The molecule has 2 unspecified atom stereocenters. The number of likely N-dealkylation sites (tertiary alicyclic amines) is 1. The van der Waals surface area contributed by atoms with Gasteiger partial charge in [0.05, 0.1) is 19.7 Å². The molecule has 1 aliphatic rings. The predicted octanol–water partition coefficient (Wildman–Crippen LogP) is 5.44. The van der Waals surface area contributed by atoms with Gasteiger partial charge in [0.15, 0.2) is 6.29 Å². The van der Waals surface area contributed by atoms with Gasteiger partial charge in [-0.2, -0.15) is 0 Å². The Morgan fingerprint density at radius 2 is 1.62 bits per heavy atom. The van der Waals surface area contributed by atoms with Gasteiger partial charge in [-0.05, 0) is 71.4 Å². The number of rotatable bonds is 19. The molecule has 4 heteroatoms. The van der Waals surface area contributed by atoms with Crippen LogP contribution in [0.15, 0.2) is 0 Å². The maximum absolute atomic E-state index is 11.5. The van der Waals surface area contributed by atoms with Crippen molar-refractivity contribution in [3.63, 3.8) is 0 Å². The van der Waals surface area contributed by atoms with Crippen LogP contribution in [0.1, 0.15) is 97.8 Å². The van der Waals surface area contributed by atoms with Crippen molar-refractivity contribution >= 4 is 6.29 Å². The highest BCUT2D eigenvalue weighted by molar-refractivity contribution is 5.50. The van der Waals surface area contributed by atoms with Crippen LogP contribution in [0.25, 0.3) is 0 Å². The molecule has 1 aliphatic heterocycles. The summed E-state index contributed by atoms with van der Waals surface area (Å²) in [4.78, 5) is 14.2. The summed E-state index contributed by atoms with van der Waals surface area (Å²) in [7, 11) is 0. The van der Waals surface area contributed by atoms with E-state index in [1.165, 1.54) is 83.7 Å². The first-order chi connectivity index (χ1) is 14.2. The minimum Gasteiger partial charge on any atom is -0.376 e. The van der Waals surface area contributed by atoms with Gasteiger partial charge in [0, 0.05) is 12.6 Å². The Balaban J connectivity index is 2.37. The summed E-state index contributed by atoms with van der Waals surface area (Å²) in [5.41, 5.74) is 0. The third-order valence-electron chi connectivity index (χ3n) is 6.77. The monoisotopic (exact) mass is 411 g/mol.